The molecule has 0 bridgehead atoms. The zero-order valence-electron chi connectivity index (χ0n) is 19.5. The molecule has 10 heteroatoms. The van der Waals surface area contributed by atoms with Gasteiger partial charge in [0.25, 0.3) is 0 Å². The Bertz CT molecular complexity index is 1190. The summed E-state index contributed by atoms with van der Waals surface area (Å²) in [4.78, 5) is 12.8. The number of benzene rings is 2. The number of hydrogen-bond donors (Lipinski definition) is 2. The van der Waals surface area contributed by atoms with Crippen LogP contribution < -0.4 is 10.0 Å². The van der Waals surface area contributed by atoms with E-state index in [-0.39, 0.29) is 23.1 Å². The minimum absolute atomic E-state index is 0.151. The number of halogens is 4. The average Bonchev–Trinajstić information content (AvgIpc) is 3.41. The number of anilines is 1. The highest BCUT2D eigenvalue weighted by atomic mass is 32.2. The van der Waals surface area contributed by atoms with Gasteiger partial charge in [-0.25, -0.2) is 12.8 Å². The average molecular weight is 501 g/mol. The molecule has 2 N–H and O–H groups in total. The molecular weight excluding hydrogens is 472 g/mol. The maximum absolute atomic E-state index is 14.3. The lowest BCUT2D eigenvalue weighted by Crippen LogP contribution is -2.36. The minimum Gasteiger partial charge on any atom is -0.349 e. The van der Waals surface area contributed by atoms with Crippen molar-refractivity contribution in [3.63, 3.8) is 0 Å². The van der Waals surface area contributed by atoms with Gasteiger partial charge in [0.1, 0.15) is 5.82 Å². The van der Waals surface area contributed by atoms with Crippen molar-refractivity contribution in [2.45, 2.75) is 57.2 Å². The molecule has 1 saturated carbocycles. The molecule has 2 aromatic rings. The van der Waals surface area contributed by atoms with E-state index in [0.29, 0.717) is 12.0 Å². The molecule has 1 fully saturated rings. The quantitative estimate of drug-likeness (QED) is 0.514. The van der Waals surface area contributed by atoms with Crippen molar-refractivity contribution in [1.82, 2.24) is 5.32 Å². The van der Waals surface area contributed by atoms with Crippen molar-refractivity contribution in [2.75, 3.05) is 11.0 Å². The van der Waals surface area contributed by atoms with Gasteiger partial charge in [0.2, 0.25) is 15.9 Å². The summed E-state index contributed by atoms with van der Waals surface area (Å²) in [5, 5.41) is 2.84. The fourth-order valence-electron chi connectivity index (χ4n) is 3.98. The molecule has 3 rings (SSSR count). The van der Waals surface area contributed by atoms with Gasteiger partial charge >= 0.3 is 6.18 Å². The topological polar surface area (TPSA) is 75.3 Å². The molecular formula is C24H28F4N2O3S. The van der Waals surface area contributed by atoms with Crippen LogP contribution in [-0.4, -0.2) is 26.8 Å². The summed E-state index contributed by atoms with van der Waals surface area (Å²) in [6.07, 6.45) is -2.92. The van der Waals surface area contributed by atoms with E-state index in [9.17, 15) is 30.8 Å². The van der Waals surface area contributed by atoms with E-state index >= 15 is 0 Å². The van der Waals surface area contributed by atoms with Gasteiger partial charge in [-0.15, -0.1) is 0 Å². The third-order valence-corrected chi connectivity index (χ3v) is 7.27. The van der Waals surface area contributed by atoms with Crippen molar-refractivity contribution in [1.29, 1.82) is 0 Å². The third kappa shape index (κ3) is 5.21. The molecule has 1 aliphatic carbocycles. The van der Waals surface area contributed by atoms with E-state index in [2.05, 4.69) is 10.0 Å². The molecule has 0 aromatic heterocycles. The molecule has 0 radical (unpaired) electrons. The molecule has 3 atom stereocenters. The predicted octanol–water partition coefficient (Wildman–Crippen LogP) is 5.19. The van der Waals surface area contributed by atoms with Crippen molar-refractivity contribution < 1.29 is 30.8 Å². The van der Waals surface area contributed by atoms with Gasteiger partial charge in [-0.2, -0.15) is 13.2 Å². The van der Waals surface area contributed by atoms with Gasteiger partial charge in [-0.3, -0.25) is 9.52 Å². The Morgan fingerprint density at radius 1 is 1.12 bits per heavy atom. The van der Waals surface area contributed by atoms with Crippen LogP contribution >= 0.6 is 0 Å². The molecule has 0 saturated heterocycles. The van der Waals surface area contributed by atoms with E-state index in [4.69, 9.17) is 0 Å². The fourth-order valence-corrected chi connectivity index (χ4v) is 4.54. The number of carbonyl (C=O) groups is 1. The summed E-state index contributed by atoms with van der Waals surface area (Å²) in [5.41, 5.74) is -1.27. The molecule has 5 nitrogen and oxygen atoms in total. The normalized spacial score (nSPS) is 21.6. The molecule has 2 aromatic carbocycles. The molecule has 1 amide bonds. The maximum atomic E-state index is 14.3. The second kappa shape index (κ2) is 8.55. The van der Waals surface area contributed by atoms with E-state index in [1.165, 1.54) is 24.3 Å². The van der Waals surface area contributed by atoms with Gasteiger partial charge in [0.15, 0.2) is 0 Å². The smallest absolute Gasteiger partial charge is 0.349 e. The molecule has 1 aliphatic rings. The van der Waals surface area contributed by atoms with Crippen LogP contribution in [0.25, 0.3) is 0 Å². The lowest BCUT2D eigenvalue weighted by atomic mass is 9.82. The Kier molecular flexibility index (Phi) is 6.54. The first-order chi connectivity index (χ1) is 15.5. The van der Waals surface area contributed by atoms with Crippen LogP contribution in [0.15, 0.2) is 42.5 Å². The number of nitrogens with one attached hydrogen (secondary N) is 2. The largest absolute Gasteiger partial charge is 0.397 e. The summed E-state index contributed by atoms with van der Waals surface area (Å²) >= 11 is 0. The first-order valence-electron chi connectivity index (χ1n) is 10.7. The highest BCUT2D eigenvalue weighted by molar-refractivity contribution is 7.92. The van der Waals surface area contributed by atoms with Crippen LogP contribution in [0.1, 0.15) is 56.8 Å². The maximum Gasteiger partial charge on any atom is 0.397 e. The summed E-state index contributed by atoms with van der Waals surface area (Å²) < 4.78 is 78.9. The van der Waals surface area contributed by atoms with Crippen LogP contribution in [0.3, 0.4) is 0 Å². The summed E-state index contributed by atoms with van der Waals surface area (Å²) in [7, 11) is -3.63. The van der Waals surface area contributed by atoms with E-state index in [1.807, 2.05) is 6.92 Å². The Morgan fingerprint density at radius 2 is 1.71 bits per heavy atom. The Morgan fingerprint density at radius 3 is 2.21 bits per heavy atom. The Balaban J connectivity index is 1.68. The number of carbonyl (C=O) groups excluding carboxylic acids is 1. The lowest BCUT2D eigenvalue weighted by Gasteiger charge is -2.28. The Labute approximate surface area is 197 Å². The predicted molar refractivity (Wildman–Crippen MR) is 122 cm³/mol. The first kappa shape index (κ1) is 26.0. The second-order valence-corrected chi connectivity index (χ2v) is 11.5. The minimum atomic E-state index is -4.38. The fraction of sp³-hybridized carbons (Fsp3) is 0.458. The highest BCUT2D eigenvalue weighted by Gasteiger charge is 2.56. The van der Waals surface area contributed by atoms with Gasteiger partial charge in [0.05, 0.1) is 23.4 Å². The summed E-state index contributed by atoms with van der Waals surface area (Å²) in [5.74, 6) is -1.37. The summed E-state index contributed by atoms with van der Waals surface area (Å²) in [6.45, 7) is 5.83. The molecule has 0 spiro atoms. The molecule has 2 unspecified atom stereocenters. The standard InChI is InChI=1S/C24H28F4N2O3S/c1-14(15-6-11-20(19(25)12-15)30-34(5,32)33)29-21(31)18-13-23(18,4)17-9-7-16(8-10-17)22(2,3)24(26,27)28/h6-12,14,18,30H,13H2,1-5H3,(H,29,31)/t14?,18-,23?/m0/s1. The van der Waals surface area contributed by atoms with E-state index in [0.717, 1.165) is 31.7 Å². The number of alkyl halides is 3. The Hall–Kier alpha value is -2.62. The molecule has 186 valence electrons. The molecule has 0 aliphatic heterocycles. The highest BCUT2D eigenvalue weighted by Crippen LogP contribution is 2.54. The number of amides is 1. The van der Waals surface area contributed by atoms with Gasteiger partial charge in [-0.1, -0.05) is 37.3 Å². The van der Waals surface area contributed by atoms with Crippen molar-refractivity contribution in [3.05, 3.63) is 65.0 Å². The van der Waals surface area contributed by atoms with Gasteiger partial charge < -0.3 is 5.32 Å². The second-order valence-electron chi connectivity index (χ2n) is 9.72. The van der Waals surface area contributed by atoms with Crippen LogP contribution in [0.5, 0.6) is 0 Å². The van der Waals surface area contributed by atoms with Crippen LogP contribution in [0.4, 0.5) is 23.2 Å². The number of rotatable bonds is 7. The van der Waals surface area contributed by atoms with Crippen molar-refractivity contribution in [3.8, 4) is 0 Å². The van der Waals surface area contributed by atoms with Crippen LogP contribution in [-0.2, 0) is 25.6 Å². The van der Waals surface area contributed by atoms with Crippen molar-refractivity contribution in [2.24, 2.45) is 5.92 Å². The SMILES string of the molecule is CC(NC(=O)[C@@H]1CC1(C)c1ccc(C(C)(C)C(F)(F)F)cc1)c1ccc(NS(C)(=O)=O)c(F)c1. The number of sulfonamides is 1. The summed E-state index contributed by atoms with van der Waals surface area (Å²) in [6, 6.07) is 9.64. The van der Waals surface area contributed by atoms with Gasteiger partial charge in [-0.05, 0) is 56.0 Å². The van der Waals surface area contributed by atoms with E-state index < -0.39 is 38.9 Å². The number of hydrogen-bond acceptors (Lipinski definition) is 3. The van der Waals surface area contributed by atoms with Crippen LogP contribution in [0, 0.1) is 11.7 Å². The zero-order chi connectivity index (χ0) is 25.7. The van der Waals surface area contributed by atoms with Gasteiger partial charge in [0, 0.05) is 11.3 Å². The molecule has 34 heavy (non-hydrogen) atoms. The van der Waals surface area contributed by atoms with Crippen molar-refractivity contribution >= 4 is 21.6 Å². The monoisotopic (exact) mass is 500 g/mol. The zero-order valence-corrected chi connectivity index (χ0v) is 20.4. The van der Waals surface area contributed by atoms with Crippen LogP contribution in [0.2, 0.25) is 0 Å². The third-order valence-electron chi connectivity index (χ3n) is 6.68. The molecule has 0 heterocycles. The van der Waals surface area contributed by atoms with E-state index in [1.54, 1.807) is 19.1 Å². The first-order valence-corrected chi connectivity index (χ1v) is 12.6. The lowest BCUT2D eigenvalue weighted by molar-refractivity contribution is -0.180.